The van der Waals surface area contributed by atoms with Crippen molar-refractivity contribution in [1.29, 1.82) is 0 Å². The van der Waals surface area contributed by atoms with Crippen LogP contribution in [0, 0.1) is 0 Å². The summed E-state index contributed by atoms with van der Waals surface area (Å²) in [6.45, 7) is 2.60. The molecule has 6 nitrogen and oxygen atoms in total. The summed E-state index contributed by atoms with van der Waals surface area (Å²) in [5.74, 6) is 0.952. The van der Waals surface area contributed by atoms with Crippen LogP contribution in [0.2, 0.25) is 0 Å². The van der Waals surface area contributed by atoms with Gasteiger partial charge in [0.2, 0.25) is 11.9 Å². The number of amides is 1. The topological polar surface area (TPSA) is 70.2 Å². The number of rotatable bonds is 6. The molecule has 1 saturated heterocycles. The van der Waals surface area contributed by atoms with Crippen LogP contribution in [-0.2, 0) is 4.79 Å². The molecule has 2 N–H and O–H groups in total. The Morgan fingerprint density at radius 1 is 1.14 bits per heavy atom. The maximum absolute atomic E-state index is 11.9. The summed E-state index contributed by atoms with van der Waals surface area (Å²) in [7, 11) is 0. The Balaban J connectivity index is 1.36. The summed E-state index contributed by atoms with van der Waals surface area (Å²) < 4.78 is 0. The van der Waals surface area contributed by atoms with Crippen molar-refractivity contribution in [3.8, 4) is 0 Å². The minimum Gasteiger partial charge on any atom is -0.353 e. The average Bonchev–Trinajstić information content (AvgIpc) is 3.33. The first-order valence-corrected chi connectivity index (χ1v) is 7.86. The normalized spacial score (nSPS) is 19.5. The number of anilines is 1. The van der Waals surface area contributed by atoms with Gasteiger partial charge in [0.05, 0.1) is 0 Å². The number of nitrogens with one attached hydrogen (secondary N) is 2. The van der Waals surface area contributed by atoms with Crippen LogP contribution in [0.4, 0.5) is 5.95 Å². The second-order valence-corrected chi connectivity index (χ2v) is 5.86. The van der Waals surface area contributed by atoms with E-state index >= 15 is 0 Å². The van der Waals surface area contributed by atoms with Gasteiger partial charge >= 0.3 is 0 Å². The van der Waals surface area contributed by atoms with Gasteiger partial charge in [-0.2, -0.15) is 0 Å². The summed E-state index contributed by atoms with van der Waals surface area (Å²) in [6, 6.07) is 2.79. The van der Waals surface area contributed by atoms with E-state index in [0.717, 1.165) is 38.4 Å². The zero-order valence-corrected chi connectivity index (χ0v) is 12.3. The SMILES string of the molecule is O=C(CCNC1CC1)NC1CCN(c2ncccn2)CC1. The number of carbonyl (C=O) groups excluding carboxylic acids is 1. The lowest BCUT2D eigenvalue weighted by Gasteiger charge is -2.32. The van der Waals surface area contributed by atoms with E-state index in [2.05, 4.69) is 25.5 Å². The number of piperidine rings is 1. The molecule has 2 aliphatic rings. The van der Waals surface area contributed by atoms with E-state index in [4.69, 9.17) is 0 Å². The van der Waals surface area contributed by atoms with Crippen molar-refractivity contribution in [3.63, 3.8) is 0 Å². The lowest BCUT2D eigenvalue weighted by atomic mass is 10.1. The molecule has 21 heavy (non-hydrogen) atoms. The van der Waals surface area contributed by atoms with Gasteiger partial charge in [0.15, 0.2) is 0 Å². The summed E-state index contributed by atoms with van der Waals surface area (Å²) in [4.78, 5) is 22.6. The number of nitrogens with zero attached hydrogens (tertiary/aromatic N) is 3. The minimum atomic E-state index is 0.164. The Bertz CT molecular complexity index is 454. The highest BCUT2D eigenvalue weighted by atomic mass is 16.1. The summed E-state index contributed by atoms with van der Waals surface area (Å²) in [5.41, 5.74) is 0. The number of hydrogen-bond acceptors (Lipinski definition) is 5. The van der Waals surface area contributed by atoms with Gasteiger partial charge in [-0.05, 0) is 31.7 Å². The van der Waals surface area contributed by atoms with Crippen molar-refractivity contribution >= 4 is 11.9 Å². The van der Waals surface area contributed by atoms with Crippen LogP contribution in [0.1, 0.15) is 32.1 Å². The average molecular weight is 289 g/mol. The van der Waals surface area contributed by atoms with Crippen LogP contribution in [0.3, 0.4) is 0 Å². The second kappa shape index (κ2) is 6.85. The Hall–Kier alpha value is -1.69. The third-order valence-corrected chi connectivity index (χ3v) is 4.06. The largest absolute Gasteiger partial charge is 0.353 e. The van der Waals surface area contributed by atoms with Gasteiger partial charge in [0.25, 0.3) is 0 Å². The molecule has 1 amide bonds. The molecule has 2 fully saturated rings. The monoisotopic (exact) mass is 289 g/mol. The van der Waals surface area contributed by atoms with Gasteiger partial charge in [-0.15, -0.1) is 0 Å². The Kier molecular flexibility index (Phi) is 4.65. The van der Waals surface area contributed by atoms with E-state index in [1.165, 1.54) is 12.8 Å². The zero-order chi connectivity index (χ0) is 14.5. The summed E-state index contributed by atoms with van der Waals surface area (Å²) >= 11 is 0. The Labute approximate surface area is 125 Å². The molecular weight excluding hydrogens is 266 g/mol. The smallest absolute Gasteiger partial charge is 0.225 e. The minimum absolute atomic E-state index is 0.164. The van der Waals surface area contributed by atoms with Gasteiger partial charge in [-0.1, -0.05) is 0 Å². The maximum atomic E-state index is 11.9. The first-order valence-electron chi connectivity index (χ1n) is 7.86. The molecule has 1 aliphatic heterocycles. The highest BCUT2D eigenvalue weighted by Gasteiger charge is 2.23. The fourth-order valence-corrected chi connectivity index (χ4v) is 2.66. The number of carbonyl (C=O) groups is 1. The van der Waals surface area contributed by atoms with Crippen molar-refractivity contribution in [2.75, 3.05) is 24.5 Å². The van der Waals surface area contributed by atoms with Crippen molar-refractivity contribution in [2.24, 2.45) is 0 Å². The molecule has 0 spiro atoms. The summed E-state index contributed by atoms with van der Waals surface area (Å²) in [5, 5.41) is 6.51. The van der Waals surface area contributed by atoms with Crippen LogP contribution in [0.5, 0.6) is 0 Å². The van der Waals surface area contributed by atoms with Crippen LogP contribution in [-0.4, -0.2) is 47.6 Å². The van der Waals surface area contributed by atoms with Gasteiger partial charge in [0, 0.05) is 50.5 Å². The molecule has 0 radical (unpaired) electrons. The highest BCUT2D eigenvalue weighted by Crippen LogP contribution is 2.18. The molecule has 3 rings (SSSR count). The third-order valence-electron chi connectivity index (χ3n) is 4.06. The lowest BCUT2D eigenvalue weighted by Crippen LogP contribution is -2.45. The van der Waals surface area contributed by atoms with E-state index in [9.17, 15) is 4.79 Å². The van der Waals surface area contributed by atoms with Crippen LogP contribution >= 0.6 is 0 Å². The molecule has 1 aromatic heterocycles. The quantitative estimate of drug-likeness (QED) is 0.807. The van der Waals surface area contributed by atoms with E-state index in [1.54, 1.807) is 12.4 Å². The van der Waals surface area contributed by atoms with Gasteiger partial charge in [-0.25, -0.2) is 9.97 Å². The van der Waals surface area contributed by atoms with Crippen LogP contribution in [0.25, 0.3) is 0 Å². The van der Waals surface area contributed by atoms with E-state index in [-0.39, 0.29) is 5.91 Å². The van der Waals surface area contributed by atoms with E-state index in [0.29, 0.717) is 18.5 Å². The first kappa shape index (κ1) is 14.3. The number of aromatic nitrogens is 2. The van der Waals surface area contributed by atoms with Gasteiger partial charge in [-0.3, -0.25) is 4.79 Å². The third kappa shape index (κ3) is 4.39. The van der Waals surface area contributed by atoms with Crippen molar-refractivity contribution < 1.29 is 4.79 Å². The molecule has 114 valence electrons. The van der Waals surface area contributed by atoms with E-state index < -0.39 is 0 Å². The maximum Gasteiger partial charge on any atom is 0.225 e. The number of hydrogen-bond donors (Lipinski definition) is 2. The predicted molar refractivity (Wildman–Crippen MR) is 81.1 cm³/mol. The van der Waals surface area contributed by atoms with Crippen molar-refractivity contribution in [2.45, 2.75) is 44.2 Å². The zero-order valence-electron chi connectivity index (χ0n) is 12.3. The lowest BCUT2D eigenvalue weighted by molar-refractivity contribution is -0.121. The Morgan fingerprint density at radius 3 is 2.52 bits per heavy atom. The molecule has 0 bridgehead atoms. The molecule has 0 aromatic carbocycles. The molecule has 0 atom stereocenters. The Morgan fingerprint density at radius 2 is 1.86 bits per heavy atom. The molecule has 2 heterocycles. The van der Waals surface area contributed by atoms with E-state index in [1.807, 2.05) is 6.07 Å². The second-order valence-electron chi connectivity index (χ2n) is 5.86. The molecule has 0 unspecified atom stereocenters. The van der Waals surface area contributed by atoms with Gasteiger partial charge in [0.1, 0.15) is 0 Å². The van der Waals surface area contributed by atoms with Crippen molar-refractivity contribution in [3.05, 3.63) is 18.5 Å². The predicted octanol–water partition coefficient (Wildman–Crippen LogP) is 0.704. The molecular formula is C15H23N5O. The van der Waals surface area contributed by atoms with Crippen LogP contribution in [0.15, 0.2) is 18.5 Å². The molecule has 1 aliphatic carbocycles. The molecule has 1 saturated carbocycles. The highest BCUT2D eigenvalue weighted by molar-refractivity contribution is 5.76. The van der Waals surface area contributed by atoms with Crippen molar-refractivity contribution in [1.82, 2.24) is 20.6 Å². The first-order chi connectivity index (χ1) is 10.3. The fourth-order valence-electron chi connectivity index (χ4n) is 2.66. The summed E-state index contributed by atoms with van der Waals surface area (Å²) in [6.07, 6.45) is 8.56. The molecule has 6 heteroatoms. The standard InChI is InChI=1S/C15H23N5O/c21-14(4-9-16-12-2-3-12)19-13-5-10-20(11-6-13)15-17-7-1-8-18-15/h1,7-8,12-13,16H,2-6,9-11H2,(H,19,21). The fraction of sp³-hybridized carbons (Fsp3) is 0.667. The van der Waals surface area contributed by atoms with Gasteiger partial charge < -0.3 is 15.5 Å². The molecule has 1 aromatic rings. The van der Waals surface area contributed by atoms with Crippen LogP contribution < -0.4 is 15.5 Å².